The average Bonchev–Trinajstić information content (AvgIpc) is 2.34. The van der Waals surface area contributed by atoms with Gasteiger partial charge < -0.3 is 10.5 Å². The third kappa shape index (κ3) is 2.59. The molecule has 0 aromatic heterocycles. The van der Waals surface area contributed by atoms with Crippen molar-refractivity contribution in [1.29, 1.82) is 0 Å². The van der Waals surface area contributed by atoms with E-state index in [1.807, 2.05) is 43.3 Å². The first-order chi connectivity index (χ1) is 8.20. The minimum atomic E-state index is 0.793. The molecular formula is C15H17NO. The zero-order valence-electron chi connectivity index (χ0n) is 10.2. The van der Waals surface area contributed by atoms with Gasteiger partial charge in [-0.05, 0) is 48.7 Å². The van der Waals surface area contributed by atoms with E-state index in [0.717, 1.165) is 29.2 Å². The van der Waals surface area contributed by atoms with Crippen LogP contribution in [-0.2, 0) is 6.42 Å². The van der Waals surface area contributed by atoms with Crippen LogP contribution in [-0.4, -0.2) is 0 Å². The van der Waals surface area contributed by atoms with Gasteiger partial charge in [-0.15, -0.1) is 0 Å². The highest BCUT2D eigenvalue weighted by atomic mass is 16.5. The second kappa shape index (κ2) is 4.91. The largest absolute Gasteiger partial charge is 0.457 e. The SMILES string of the molecule is CCc1ccccc1Oc1ccc(N)c(C)c1. The van der Waals surface area contributed by atoms with Gasteiger partial charge in [-0.1, -0.05) is 25.1 Å². The van der Waals surface area contributed by atoms with Crippen molar-refractivity contribution < 1.29 is 4.74 Å². The molecule has 88 valence electrons. The number of rotatable bonds is 3. The monoisotopic (exact) mass is 227 g/mol. The Morgan fingerprint density at radius 1 is 1.12 bits per heavy atom. The molecule has 0 radical (unpaired) electrons. The Morgan fingerprint density at radius 3 is 2.59 bits per heavy atom. The molecule has 2 nitrogen and oxygen atoms in total. The van der Waals surface area contributed by atoms with Gasteiger partial charge >= 0.3 is 0 Å². The Morgan fingerprint density at radius 2 is 1.88 bits per heavy atom. The smallest absolute Gasteiger partial charge is 0.130 e. The van der Waals surface area contributed by atoms with E-state index in [9.17, 15) is 0 Å². The topological polar surface area (TPSA) is 35.2 Å². The van der Waals surface area contributed by atoms with E-state index < -0.39 is 0 Å². The molecule has 0 atom stereocenters. The Bertz CT molecular complexity index is 520. The summed E-state index contributed by atoms with van der Waals surface area (Å²) >= 11 is 0. The molecule has 0 bridgehead atoms. The Kier molecular flexibility index (Phi) is 3.33. The van der Waals surface area contributed by atoms with Crippen molar-refractivity contribution in [3.05, 3.63) is 53.6 Å². The van der Waals surface area contributed by atoms with Crippen LogP contribution < -0.4 is 10.5 Å². The summed E-state index contributed by atoms with van der Waals surface area (Å²) in [7, 11) is 0. The maximum Gasteiger partial charge on any atom is 0.130 e. The number of benzene rings is 2. The van der Waals surface area contributed by atoms with Crippen LogP contribution in [0.3, 0.4) is 0 Å². The van der Waals surface area contributed by atoms with Gasteiger partial charge in [0.15, 0.2) is 0 Å². The molecule has 0 spiro atoms. The third-order valence-corrected chi connectivity index (χ3v) is 2.82. The van der Waals surface area contributed by atoms with E-state index in [2.05, 4.69) is 13.0 Å². The second-order valence-electron chi connectivity index (χ2n) is 4.08. The van der Waals surface area contributed by atoms with Crippen molar-refractivity contribution in [2.24, 2.45) is 0 Å². The summed E-state index contributed by atoms with van der Waals surface area (Å²) in [6.45, 7) is 4.10. The van der Waals surface area contributed by atoms with Gasteiger partial charge in [-0.25, -0.2) is 0 Å². The molecule has 2 aromatic rings. The number of nitrogen functional groups attached to an aromatic ring is 1. The lowest BCUT2D eigenvalue weighted by molar-refractivity contribution is 0.476. The molecule has 2 N–H and O–H groups in total. The lowest BCUT2D eigenvalue weighted by Gasteiger charge is -2.11. The third-order valence-electron chi connectivity index (χ3n) is 2.82. The Balaban J connectivity index is 2.28. The summed E-state index contributed by atoms with van der Waals surface area (Å²) in [5, 5.41) is 0. The van der Waals surface area contributed by atoms with Gasteiger partial charge in [0.25, 0.3) is 0 Å². The Labute approximate surface area is 102 Å². The highest BCUT2D eigenvalue weighted by Crippen LogP contribution is 2.27. The quantitative estimate of drug-likeness (QED) is 0.806. The van der Waals surface area contributed by atoms with Crippen molar-refractivity contribution >= 4 is 5.69 Å². The summed E-state index contributed by atoms with van der Waals surface area (Å²) < 4.78 is 5.88. The molecular weight excluding hydrogens is 210 g/mol. The van der Waals surface area contributed by atoms with Crippen molar-refractivity contribution in [3.63, 3.8) is 0 Å². The molecule has 2 rings (SSSR count). The van der Waals surface area contributed by atoms with E-state index in [-0.39, 0.29) is 0 Å². The van der Waals surface area contributed by atoms with Crippen LogP contribution in [0.4, 0.5) is 5.69 Å². The fourth-order valence-corrected chi connectivity index (χ4v) is 1.73. The van der Waals surface area contributed by atoms with E-state index in [0.29, 0.717) is 0 Å². The number of para-hydroxylation sites is 1. The molecule has 0 aliphatic carbocycles. The first-order valence-corrected chi connectivity index (χ1v) is 5.82. The van der Waals surface area contributed by atoms with Gasteiger partial charge in [0.2, 0.25) is 0 Å². The van der Waals surface area contributed by atoms with Gasteiger partial charge in [-0.3, -0.25) is 0 Å². The zero-order valence-corrected chi connectivity index (χ0v) is 10.2. The van der Waals surface area contributed by atoms with Crippen molar-refractivity contribution in [1.82, 2.24) is 0 Å². The highest BCUT2D eigenvalue weighted by Gasteiger charge is 2.03. The lowest BCUT2D eigenvalue weighted by Crippen LogP contribution is -1.93. The fraction of sp³-hybridized carbons (Fsp3) is 0.200. The molecule has 0 saturated carbocycles. The van der Waals surface area contributed by atoms with Crippen molar-refractivity contribution in [2.75, 3.05) is 5.73 Å². The number of nitrogens with two attached hydrogens (primary N) is 1. The summed E-state index contributed by atoms with van der Waals surface area (Å²) in [6.07, 6.45) is 0.962. The predicted molar refractivity (Wildman–Crippen MR) is 71.5 cm³/mol. The van der Waals surface area contributed by atoms with Crippen LogP contribution in [0.15, 0.2) is 42.5 Å². The standard InChI is InChI=1S/C15H17NO/c1-3-12-6-4-5-7-15(12)17-13-8-9-14(16)11(2)10-13/h4-10H,3,16H2,1-2H3. The minimum absolute atomic E-state index is 0.793. The van der Waals surface area contributed by atoms with Crippen molar-refractivity contribution in [2.45, 2.75) is 20.3 Å². The fourth-order valence-electron chi connectivity index (χ4n) is 1.73. The van der Waals surface area contributed by atoms with Crippen molar-refractivity contribution in [3.8, 4) is 11.5 Å². The maximum atomic E-state index is 5.88. The van der Waals surface area contributed by atoms with Crippen LogP contribution in [0.5, 0.6) is 11.5 Å². The van der Waals surface area contributed by atoms with Crippen LogP contribution in [0.25, 0.3) is 0 Å². The molecule has 2 aromatic carbocycles. The van der Waals surface area contributed by atoms with Crippen LogP contribution >= 0.6 is 0 Å². The van der Waals surface area contributed by atoms with E-state index >= 15 is 0 Å². The number of anilines is 1. The summed E-state index contributed by atoms with van der Waals surface area (Å²) in [5.74, 6) is 1.75. The van der Waals surface area contributed by atoms with Gasteiger partial charge in [0, 0.05) is 5.69 Å². The van der Waals surface area contributed by atoms with E-state index in [4.69, 9.17) is 10.5 Å². The minimum Gasteiger partial charge on any atom is -0.457 e. The maximum absolute atomic E-state index is 5.88. The zero-order chi connectivity index (χ0) is 12.3. The van der Waals surface area contributed by atoms with E-state index in [1.54, 1.807) is 0 Å². The molecule has 0 unspecified atom stereocenters. The molecule has 0 saturated heterocycles. The van der Waals surface area contributed by atoms with Crippen LogP contribution in [0.2, 0.25) is 0 Å². The first-order valence-electron chi connectivity index (χ1n) is 5.82. The molecule has 0 fully saturated rings. The molecule has 0 aliphatic rings. The van der Waals surface area contributed by atoms with E-state index in [1.165, 1.54) is 5.56 Å². The number of hydrogen-bond donors (Lipinski definition) is 1. The number of ether oxygens (including phenoxy) is 1. The Hall–Kier alpha value is -1.96. The first kappa shape index (κ1) is 11.5. The number of hydrogen-bond acceptors (Lipinski definition) is 2. The average molecular weight is 227 g/mol. The predicted octanol–water partition coefficient (Wildman–Crippen LogP) is 3.93. The normalized spacial score (nSPS) is 10.2. The second-order valence-corrected chi connectivity index (χ2v) is 4.08. The van der Waals surface area contributed by atoms with Gasteiger partial charge in [0.05, 0.1) is 0 Å². The summed E-state index contributed by atoms with van der Waals surface area (Å²) in [5.41, 5.74) is 8.82. The molecule has 0 amide bonds. The van der Waals surface area contributed by atoms with Gasteiger partial charge in [-0.2, -0.15) is 0 Å². The molecule has 0 aliphatic heterocycles. The van der Waals surface area contributed by atoms with Gasteiger partial charge in [0.1, 0.15) is 11.5 Å². The lowest BCUT2D eigenvalue weighted by atomic mass is 10.1. The van der Waals surface area contributed by atoms with Crippen LogP contribution in [0, 0.1) is 6.92 Å². The molecule has 17 heavy (non-hydrogen) atoms. The van der Waals surface area contributed by atoms with Crippen LogP contribution in [0.1, 0.15) is 18.1 Å². The summed E-state index contributed by atoms with van der Waals surface area (Å²) in [4.78, 5) is 0. The molecule has 2 heteroatoms. The number of aryl methyl sites for hydroxylation is 2. The summed E-state index contributed by atoms with van der Waals surface area (Å²) in [6, 6.07) is 13.8. The molecule has 0 heterocycles. The highest BCUT2D eigenvalue weighted by molar-refractivity contribution is 5.50.